The van der Waals surface area contributed by atoms with Gasteiger partial charge in [-0.05, 0) is 25.3 Å². The summed E-state index contributed by atoms with van der Waals surface area (Å²) in [6, 6.07) is 0. The Labute approximate surface area is 119 Å². The Kier molecular flexibility index (Phi) is 23.9. The standard InChI is InChI=1S/C9H16O.C8H16O/c1-2-3-4-5-6-7-8-9-10;1-2-3-4-5-6-7-8-9/h7-9H,2-6H2,1H3;8H,2-7H2,1H3/b8-7-;. The molecule has 0 amide bonds. The smallest absolute Gasteiger partial charge is 0.142 e. The van der Waals surface area contributed by atoms with E-state index in [0.717, 1.165) is 31.8 Å². The van der Waals surface area contributed by atoms with Crippen LogP contribution in [0.2, 0.25) is 0 Å². The van der Waals surface area contributed by atoms with E-state index in [4.69, 9.17) is 0 Å². The van der Waals surface area contributed by atoms with Gasteiger partial charge in [-0.3, -0.25) is 4.79 Å². The summed E-state index contributed by atoms with van der Waals surface area (Å²) in [5.74, 6) is 0. The first-order valence-electron chi connectivity index (χ1n) is 7.87. The average molecular weight is 268 g/mol. The van der Waals surface area contributed by atoms with Crippen LogP contribution in [-0.4, -0.2) is 12.6 Å². The van der Waals surface area contributed by atoms with Crippen molar-refractivity contribution < 1.29 is 9.59 Å². The van der Waals surface area contributed by atoms with Gasteiger partial charge in [-0.15, -0.1) is 0 Å². The van der Waals surface area contributed by atoms with Gasteiger partial charge < -0.3 is 4.79 Å². The van der Waals surface area contributed by atoms with Crippen molar-refractivity contribution in [2.75, 3.05) is 0 Å². The minimum absolute atomic E-state index is 0.754. The molecule has 0 unspecified atom stereocenters. The molecular formula is C17H32O2. The highest BCUT2D eigenvalue weighted by Gasteiger charge is 1.86. The summed E-state index contributed by atoms with van der Waals surface area (Å²) < 4.78 is 0. The van der Waals surface area contributed by atoms with Crippen molar-refractivity contribution >= 4 is 12.6 Å². The molecule has 0 N–H and O–H groups in total. The number of hydrogen-bond donors (Lipinski definition) is 0. The van der Waals surface area contributed by atoms with Crippen LogP contribution in [0.4, 0.5) is 0 Å². The second-order valence-electron chi connectivity index (χ2n) is 4.78. The van der Waals surface area contributed by atoms with E-state index in [2.05, 4.69) is 13.8 Å². The molecule has 0 aliphatic carbocycles. The van der Waals surface area contributed by atoms with Gasteiger partial charge in [0, 0.05) is 6.42 Å². The first-order chi connectivity index (χ1) is 9.33. The molecule has 0 atom stereocenters. The predicted octanol–water partition coefficient (Wildman–Crippen LogP) is 5.26. The van der Waals surface area contributed by atoms with Gasteiger partial charge in [-0.25, -0.2) is 0 Å². The van der Waals surface area contributed by atoms with Crippen LogP contribution in [0.5, 0.6) is 0 Å². The molecule has 2 heteroatoms. The lowest BCUT2D eigenvalue weighted by atomic mass is 10.1. The van der Waals surface area contributed by atoms with E-state index in [1.807, 2.05) is 6.08 Å². The van der Waals surface area contributed by atoms with Gasteiger partial charge in [0.1, 0.15) is 12.6 Å². The molecule has 0 aliphatic rings. The Morgan fingerprint density at radius 3 is 1.74 bits per heavy atom. The third kappa shape index (κ3) is 26.6. The van der Waals surface area contributed by atoms with Crippen molar-refractivity contribution in [3.05, 3.63) is 12.2 Å². The zero-order valence-corrected chi connectivity index (χ0v) is 12.9. The van der Waals surface area contributed by atoms with E-state index in [0.29, 0.717) is 0 Å². The first kappa shape index (κ1) is 20.4. The van der Waals surface area contributed by atoms with Crippen LogP contribution in [0.15, 0.2) is 12.2 Å². The van der Waals surface area contributed by atoms with Crippen LogP contribution < -0.4 is 0 Å². The summed E-state index contributed by atoms with van der Waals surface area (Å²) >= 11 is 0. The van der Waals surface area contributed by atoms with E-state index in [9.17, 15) is 9.59 Å². The molecule has 0 saturated carbocycles. The van der Waals surface area contributed by atoms with E-state index < -0.39 is 0 Å². The second-order valence-corrected chi connectivity index (χ2v) is 4.78. The molecule has 0 bridgehead atoms. The molecule has 0 saturated heterocycles. The summed E-state index contributed by atoms with van der Waals surface area (Å²) in [6.45, 7) is 4.39. The summed E-state index contributed by atoms with van der Waals surface area (Å²) in [5.41, 5.74) is 0. The Hall–Kier alpha value is -0.920. The third-order valence-electron chi connectivity index (χ3n) is 2.86. The Morgan fingerprint density at radius 2 is 1.21 bits per heavy atom. The van der Waals surface area contributed by atoms with Crippen molar-refractivity contribution in [3.8, 4) is 0 Å². The summed E-state index contributed by atoms with van der Waals surface area (Å²) in [6.07, 6.45) is 18.5. The number of unbranched alkanes of at least 4 members (excludes halogenated alkanes) is 9. The fraction of sp³-hybridized carbons (Fsp3) is 0.765. The Balaban J connectivity index is 0. The fourth-order valence-electron chi connectivity index (χ4n) is 1.67. The van der Waals surface area contributed by atoms with Gasteiger partial charge in [0.2, 0.25) is 0 Å². The van der Waals surface area contributed by atoms with Crippen LogP contribution in [-0.2, 0) is 9.59 Å². The number of carbonyl (C=O) groups excluding carboxylic acids is 2. The van der Waals surface area contributed by atoms with Gasteiger partial charge >= 0.3 is 0 Å². The summed E-state index contributed by atoms with van der Waals surface area (Å²) in [7, 11) is 0. The highest BCUT2D eigenvalue weighted by atomic mass is 16.1. The maximum Gasteiger partial charge on any atom is 0.142 e. The zero-order valence-electron chi connectivity index (χ0n) is 12.9. The molecule has 0 heterocycles. The van der Waals surface area contributed by atoms with Crippen molar-refractivity contribution in [1.29, 1.82) is 0 Å². The fourth-order valence-corrected chi connectivity index (χ4v) is 1.67. The van der Waals surface area contributed by atoms with Gasteiger partial charge in [-0.2, -0.15) is 0 Å². The Morgan fingerprint density at radius 1 is 0.684 bits per heavy atom. The molecule has 0 aromatic carbocycles. The molecule has 19 heavy (non-hydrogen) atoms. The summed E-state index contributed by atoms with van der Waals surface area (Å²) in [5, 5.41) is 0. The van der Waals surface area contributed by atoms with E-state index >= 15 is 0 Å². The first-order valence-corrected chi connectivity index (χ1v) is 7.87. The minimum Gasteiger partial charge on any atom is -0.303 e. The maximum atomic E-state index is 9.84. The average Bonchev–Trinajstić information content (AvgIpc) is 2.43. The largest absolute Gasteiger partial charge is 0.303 e. The second kappa shape index (κ2) is 22.3. The SMILES string of the molecule is CCCCCC/C=C\C=O.CCCCCCCC=O. The molecule has 0 aromatic rings. The molecule has 2 nitrogen and oxygen atoms in total. The lowest BCUT2D eigenvalue weighted by Gasteiger charge is -1.93. The van der Waals surface area contributed by atoms with E-state index in [1.54, 1.807) is 6.08 Å². The molecule has 0 radical (unpaired) electrons. The Bertz CT molecular complexity index is 197. The molecule has 0 spiro atoms. The third-order valence-corrected chi connectivity index (χ3v) is 2.86. The number of allylic oxidation sites excluding steroid dienone is 2. The summed E-state index contributed by atoms with van der Waals surface area (Å²) in [4.78, 5) is 19.6. The minimum atomic E-state index is 0.754. The lowest BCUT2D eigenvalue weighted by Crippen LogP contribution is -1.78. The van der Waals surface area contributed by atoms with Crippen molar-refractivity contribution in [1.82, 2.24) is 0 Å². The normalized spacial score (nSPS) is 10.0. The predicted molar refractivity (Wildman–Crippen MR) is 83.4 cm³/mol. The zero-order chi connectivity index (χ0) is 14.6. The van der Waals surface area contributed by atoms with Gasteiger partial charge in [-0.1, -0.05) is 64.9 Å². The molecule has 0 aliphatic heterocycles. The molecule has 0 aromatic heterocycles. The molecule has 112 valence electrons. The monoisotopic (exact) mass is 268 g/mol. The topological polar surface area (TPSA) is 34.1 Å². The quantitative estimate of drug-likeness (QED) is 0.275. The number of hydrogen-bond acceptors (Lipinski definition) is 2. The van der Waals surface area contributed by atoms with E-state index in [1.165, 1.54) is 51.4 Å². The van der Waals surface area contributed by atoms with Crippen molar-refractivity contribution in [3.63, 3.8) is 0 Å². The molecule has 0 fully saturated rings. The highest BCUT2D eigenvalue weighted by molar-refractivity contribution is 5.64. The van der Waals surface area contributed by atoms with Crippen LogP contribution >= 0.6 is 0 Å². The van der Waals surface area contributed by atoms with Crippen LogP contribution in [0.3, 0.4) is 0 Å². The molecule has 0 rings (SSSR count). The van der Waals surface area contributed by atoms with Gasteiger partial charge in [0.15, 0.2) is 0 Å². The number of rotatable bonds is 12. The van der Waals surface area contributed by atoms with Crippen LogP contribution in [0, 0.1) is 0 Å². The highest BCUT2D eigenvalue weighted by Crippen LogP contribution is 2.03. The van der Waals surface area contributed by atoms with Crippen LogP contribution in [0.25, 0.3) is 0 Å². The maximum absolute atomic E-state index is 9.84. The number of aldehydes is 2. The van der Waals surface area contributed by atoms with Crippen LogP contribution in [0.1, 0.15) is 84.5 Å². The van der Waals surface area contributed by atoms with Gasteiger partial charge in [0.25, 0.3) is 0 Å². The number of carbonyl (C=O) groups is 2. The lowest BCUT2D eigenvalue weighted by molar-refractivity contribution is -0.108. The van der Waals surface area contributed by atoms with Crippen molar-refractivity contribution in [2.45, 2.75) is 84.5 Å². The van der Waals surface area contributed by atoms with E-state index in [-0.39, 0.29) is 0 Å². The van der Waals surface area contributed by atoms with Gasteiger partial charge in [0.05, 0.1) is 0 Å². The molecular weight excluding hydrogens is 236 g/mol. The van der Waals surface area contributed by atoms with Crippen molar-refractivity contribution in [2.24, 2.45) is 0 Å².